The van der Waals surface area contributed by atoms with Gasteiger partial charge in [-0.15, -0.1) is 0 Å². The fourth-order valence-corrected chi connectivity index (χ4v) is 2.52. The molecule has 1 aromatic rings. The highest BCUT2D eigenvalue weighted by Crippen LogP contribution is 2.16. The molecule has 1 aromatic carbocycles. The van der Waals surface area contributed by atoms with Crippen molar-refractivity contribution in [3.8, 4) is 11.8 Å². The van der Waals surface area contributed by atoms with Crippen LogP contribution in [0.5, 0.6) is 0 Å². The number of hydrogen-bond donors (Lipinski definition) is 1. The van der Waals surface area contributed by atoms with Crippen LogP contribution in [0.25, 0.3) is 0 Å². The Hall–Kier alpha value is -1.83. The first kappa shape index (κ1) is 14.6. The zero-order valence-electron chi connectivity index (χ0n) is 12.1. The quantitative estimate of drug-likeness (QED) is 0.768. The second-order valence-corrected chi connectivity index (χ2v) is 5.16. The van der Waals surface area contributed by atoms with Crippen LogP contribution in [0.15, 0.2) is 24.3 Å². The van der Waals surface area contributed by atoms with Gasteiger partial charge in [-0.1, -0.05) is 24.0 Å². The highest BCUT2D eigenvalue weighted by atomic mass is 16.2. The van der Waals surface area contributed by atoms with Gasteiger partial charge in [0, 0.05) is 31.2 Å². The topological polar surface area (TPSA) is 49.6 Å². The summed E-state index contributed by atoms with van der Waals surface area (Å²) < 4.78 is 0. The van der Waals surface area contributed by atoms with Gasteiger partial charge in [0.25, 0.3) is 5.91 Å². The molecule has 0 aliphatic carbocycles. The van der Waals surface area contributed by atoms with Crippen molar-refractivity contribution >= 4 is 5.91 Å². The van der Waals surface area contributed by atoms with Gasteiger partial charge < -0.3 is 15.5 Å². The lowest BCUT2D eigenvalue weighted by Gasteiger charge is -2.38. The summed E-state index contributed by atoms with van der Waals surface area (Å²) >= 11 is 0. The zero-order valence-corrected chi connectivity index (χ0v) is 12.1. The SMILES string of the molecule is CC1CN(C)CCN1C(=O)c1ccccc1C#CCN. The number of piperazine rings is 1. The fraction of sp³-hybridized carbons (Fsp3) is 0.438. The first-order valence-electron chi connectivity index (χ1n) is 6.91. The van der Waals surface area contributed by atoms with E-state index in [1.165, 1.54) is 0 Å². The first-order chi connectivity index (χ1) is 9.63. The molecule has 4 nitrogen and oxygen atoms in total. The van der Waals surface area contributed by atoms with Crippen molar-refractivity contribution in [3.63, 3.8) is 0 Å². The van der Waals surface area contributed by atoms with Crippen LogP contribution in [0.2, 0.25) is 0 Å². The Balaban J connectivity index is 2.25. The zero-order chi connectivity index (χ0) is 14.5. The molecule has 1 fully saturated rings. The Bertz CT molecular complexity index is 544. The number of amides is 1. The van der Waals surface area contributed by atoms with E-state index in [0.29, 0.717) is 12.1 Å². The molecule has 2 N–H and O–H groups in total. The Morgan fingerprint density at radius 2 is 2.15 bits per heavy atom. The first-order valence-corrected chi connectivity index (χ1v) is 6.91. The van der Waals surface area contributed by atoms with E-state index in [1.54, 1.807) is 0 Å². The van der Waals surface area contributed by atoms with Gasteiger partial charge in [-0.05, 0) is 26.1 Å². The minimum absolute atomic E-state index is 0.0625. The van der Waals surface area contributed by atoms with E-state index in [0.717, 1.165) is 25.2 Å². The maximum atomic E-state index is 12.7. The predicted molar refractivity (Wildman–Crippen MR) is 80.4 cm³/mol. The molecular formula is C16H21N3O. The average Bonchev–Trinajstić information content (AvgIpc) is 2.45. The number of rotatable bonds is 1. The second kappa shape index (κ2) is 6.56. The molecular weight excluding hydrogens is 250 g/mol. The van der Waals surface area contributed by atoms with E-state index >= 15 is 0 Å². The highest BCUT2D eigenvalue weighted by Gasteiger charge is 2.27. The van der Waals surface area contributed by atoms with E-state index in [1.807, 2.05) is 29.2 Å². The molecule has 1 aliphatic heterocycles. The molecule has 0 saturated carbocycles. The van der Waals surface area contributed by atoms with Crippen molar-refractivity contribution < 1.29 is 4.79 Å². The maximum Gasteiger partial charge on any atom is 0.255 e. The van der Waals surface area contributed by atoms with Gasteiger partial charge in [0.2, 0.25) is 0 Å². The summed E-state index contributed by atoms with van der Waals surface area (Å²) in [7, 11) is 2.08. The standard InChI is InChI=1S/C16H21N3O/c1-13-12-18(2)10-11-19(13)16(20)15-8-4-3-6-14(15)7-5-9-17/h3-4,6,8,13H,9-12,17H2,1-2H3. The molecule has 4 heteroatoms. The lowest BCUT2D eigenvalue weighted by molar-refractivity contribution is 0.0533. The van der Waals surface area contributed by atoms with Gasteiger partial charge in [0.05, 0.1) is 12.1 Å². The number of nitrogens with zero attached hydrogens (tertiary/aromatic N) is 2. The fourth-order valence-electron chi connectivity index (χ4n) is 2.52. The number of likely N-dealkylation sites (N-methyl/N-ethyl adjacent to an activating group) is 1. The molecule has 106 valence electrons. The van der Waals surface area contributed by atoms with E-state index in [-0.39, 0.29) is 11.9 Å². The minimum Gasteiger partial charge on any atom is -0.333 e. The van der Waals surface area contributed by atoms with Crippen LogP contribution in [0.3, 0.4) is 0 Å². The van der Waals surface area contributed by atoms with Crippen LogP contribution in [-0.4, -0.2) is 55.0 Å². The van der Waals surface area contributed by atoms with Crippen molar-refractivity contribution in [2.45, 2.75) is 13.0 Å². The van der Waals surface area contributed by atoms with E-state index in [9.17, 15) is 4.79 Å². The van der Waals surface area contributed by atoms with Gasteiger partial charge in [0.15, 0.2) is 0 Å². The molecule has 1 amide bonds. The van der Waals surface area contributed by atoms with Crippen molar-refractivity contribution in [1.29, 1.82) is 0 Å². The normalized spacial score (nSPS) is 19.4. The molecule has 0 aromatic heterocycles. The molecule has 0 bridgehead atoms. The lowest BCUT2D eigenvalue weighted by atomic mass is 10.0. The summed E-state index contributed by atoms with van der Waals surface area (Å²) in [5.74, 6) is 5.87. The lowest BCUT2D eigenvalue weighted by Crippen LogP contribution is -2.52. The van der Waals surface area contributed by atoms with Crippen LogP contribution in [0.1, 0.15) is 22.8 Å². The third kappa shape index (κ3) is 3.19. The van der Waals surface area contributed by atoms with Crippen LogP contribution < -0.4 is 5.73 Å². The summed E-state index contributed by atoms with van der Waals surface area (Å²) in [5, 5.41) is 0. The maximum absolute atomic E-state index is 12.7. The number of carbonyl (C=O) groups excluding carboxylic acids is 1. The average molecular weight is 271 g/mol. The molecule has 20 heavy (non-hydrogen) atoms. The number of hydrogen-bond acceptors (Lipinski definition) is 3. The summed E-state index contributed by atoms with van der Waals surface area (Å²) in [4.78, 5) is 16.9. The van der Waals surface area contributed by atoms with E-state index < -0.39 is 0 Å². The van der Waals surface area contributed by atoms with Gasteiger partial charge in [-0.25, -0.2) is 0 Å². The van der Waals surface area contributed by atoms with E-state index in [4.69, 9.17) is 5.73 Å². The highest BCUT2D eigenvalue weighted by molar-refractivity contribution is 5.97. The Morgan fingerprint density at radius 1 is 1.40 bits per heavy atom. The molecule has 0 radical (unpaired) electrons. The molecule has 1 unspecified atom stereocenters. The monoisotopic (exact) mass is 271 g/mol. The molecule has 1 atom stereocenters. The van der Waals surface area contributed by atoms with Gasteiger partial charge in [-0.2, -0.15) is 0 Å². The predicted octanol–water partition coefficient (Wildman–Crippen LogP) is 0.773. The smallest absolute Gasteiger partial charge is 0.255 e. The van der Waals surface area contributed by atoms with Crippen LogP contribution >= 0.6 is 0 Å². The largest absolute Gasteiger partial charge is 0.333 e. The molecule has 1 saturated heterocycles. The Kier molecular flexibility index (Phi) is 4.78. The number of nitrogens with two attached hydrogens (primary N) is 1. The minimum atomic E-state index is 0.0625. The van der Waals surface area contributed by atoms with Crippen molar-refractivity contribution in [2.24, 2.45) is 5.73 Å². The summed E-state index contributed by atoms with van der Waals surface area (Å²) in [6, 6.07) is 7.70. The third-order valence-electron chi connectivity index (χ3n) is 3.57. The van der Waals surface area contributed by atoms with Gasteiger partial charge in [0.1, 0.15) is 0 Å². The summed E-state index contributed by atoms with van der Waals surface area (Å²) in [6.07, 6.45) is 0. The molecule has 1 aliphatic rings. The van der Waals surface area contributed by atoms with E-state index in [2.05, 4.69) is 30.7 Å². The second-order valence-electron chi connectivity index (χ2n) is 5.16. The molecule has 2 rings (SSSR count). The summed E-state index contributed by atoms with van der Waals surface area (Å²) in [6.45, 7) is 4.96. The number of carbonyl (C=O) groups is 1. The van der Waals surface area contributed by atoms with Gasteiger partial charge >= 0.3 is 0 Å². The van der Waals surface area contributed by atoms with Crippen LogP contribution in [0, 0.1) is 11.8 Å². The molecule has 0 spiro atoms. The van der Waals surface area contributed by atoms with Crippen LogP contribution in [-0.2, 0) is 0 Å². The van der Waals surface area contributed by atoms with Crippen molar-refractivity contribution in [3.05, 3.63) is 35.4 Å². The number of benzene rings is 1. The van der Waals surface area contributed by atoms with Crippen LogP contribution in [0.4, 0.5) is 0 Å². The molecule has 1 heterocycles. The Labute approximate surface area is 120 Å². The van der Waals surface area contributed by atoms with Crippen molar-refractivity contribution in [2.75, 3.05) is 33.2 Å². The Morgan fingerprint density at radius 3 is 2.85 bits per heavy atom. The summed E-state index contributed by atoms with van der Waals surface area (Å²) in [5.41, 5.74) is 6.84. The van der Waals surface area contributed by atoms with Crippen molar-refractivity contribution in [1.82, 2.24) is 9.80 Å². The third-order valence-corrected chi connectivity index (χ3v) is 3.57. The van der Waals surface area contributed by atoms with Gasteiger partial charge in [-0.3, -0.25) is 4.79 Å².